The molecule has 0 aliphatic heterocycles. The van der Waals surface area contributed by atoms with Crippen molar-refractivity contribution in [1.82, 2.24) is 4.98 Å². The van der Waals surface area contributed by atoms with Gasteiger partial charge in [0.1, 0.15) is 5.15 Å². The first-order valence-electron chi connectivity index (χ1n) is 4.25. The molecule has 0 spiro atoms. The lowest BCUT2D eigenvalue weighted by Crippen LogP contribution is -2.20. The summed E-state index contributed by atoms with van der Waals surface area (Å²) in [6.45, 7) is 4.14. The first kappa shape index (κ1) is 10.5. The SMILES string of the molecule is CC(C)(CO)Cc1cccnc1Cl. The lowest BCUT2D eigenvalue weighted by atomic mass is 9.87. The van der Waals surface area contributed by atoms with Gasteiger partial charge in [0.15, 0.2) is 0 Å². The van der Waals surface area contributed by atoms with E-state index in [9.17, 15) is 0 Å². The van der Waals surface area contributed by atoms with E-state index in [4.69, 9.17) is 16.7 Å². The molecule has 0 aromatic carbocycles. The highest BCUT2D eigenvalue weighted by Crippen LogP contribution is 2.24. The Morgan fingerprint density at radius 2 is 2.23 bits per heavy atom. The summed E-state index contributed by atoms with van der Waals surface area (Å²) in [4.78, 5) is 3.98. The molecule has 1 heterocycles. The number of nitrogens with zero attached hydrogens (tertiary/aromatic N) is 1. The second kappa shape index (κ2) is 4.07. The van der Waals surface area contributed by atoms with Crippen LogP contribution >= 0.6 is 11.6 Å². The average Bonchev–Trinajstić information content (AvgIpc) is 2.09. The Bertz CT molecular complexity index is 286. The topological polar surface area (TPSA) is 33.1 Å². The molecule has 0 atom stereocenters. The van der Waals surface area contributed by atoms with Crippen LogP contribution < -0.4 is 0 Å². The van der Waals surface area contributed by atoms with Crippen molar-refractivity contribution in [3.05, 3.63) is 29.0 Å². The minimum atomic E-state index is -0.132. The van der Waals surface area contributed by atoms with E-state index in [1.54, 1.807) is 6.20 Å². The number of hydrogen-bond donors (Lipinski definition) is 1. The summed E-state index contributed by atoms with van der Waals surface area (Å²) in [5, 5.41) is 9.61. The van der Waals surface area contributed by atoms with Crippen molar-refractivity contribution in [3.8, 4) is 0 Å². The zero-order chi connectivity index (χ0) is 9.90. The normalized spacial score (nSPS) is 11.7. The number of aliphatic hydroxyl groups excluding tert-OH is 1. The molecule has 0 amide bonds. The Hall–Kier alpha value is -0.600. The first-order valence-corrected chi connectivity index (χ1v) is 4.63. The molecule has 0 fully saturated rings. The molecule has 0 saturated carbocycles. The summed E-state index contributed by atoms with van der Waals surface area (Å²) in [7, 11) is 0. The average molecular weight is 200 g/mol. The molecule has 1 N–H and O–H groups in total. The van der Waals surface area contributed by atoms with Crippen LogP contribution in [0, 0.1) is 5.41 Å². The lowest BCUT2D eigenvalue weighted by molar-refractivity contribution is 0.159. The zero-order valence-electron chi connectivity index (χ0n) is 7.92. The Morgan fingerprint density at radius 3 is 2.77 bits per heavy atom. The molecule has 72 valence electrons. The van der Waals surface area contributed by atoms with Crippen molar-refractivity contribution in [2.24, 2.45) is 5.41 Å². The molecular weight excluding hydrogens is 186 g/mol. The lowest BCUT2D eigenvalue weighted by Gasteiger charge is -2.21. The van der Waals surface area contributed by atoms with Gasteiger partial charge < -0.3 is 5.11 Å². The molecule has 1 aromatic heterocycles. The minimum absolute atomic E-state index is 0.132. The van der Waals surface area contributed by atoms with Crippen LogP contribution in [0.4, 0.5) is 0 Å². The van der Waals surface area contributed by atoms with Crippen LogP contribution in [0.3, 0.4) is 0 Å². The van der Waals surface area contributed by atoms with E-state index >= 15 is 0 Å². The van der Waals surface area contributed by atoms with E-state index in [0.717, 1.165) is 12.0 Å². The number of rotatable bonds is 3. The first-order chi connectivity index (χ1) is 6.05. The van der Waals surface area contributed by atoms with Crippen molar-refractivity contribution in [2.75, 3.05) is 6.61 Å². The van der Waals surface area contributed by atoms with E-state index in [2.05, 4.69) is 4.98 Å². The number of halogens is 1. The third kappa shape index (κ3) is 2.98. The molecule has 1 aromatic rings. The minimum Gasteiger partial charge on any atom is -0.396 e. The molecule has 1 rings (SSSR count). The second-order valence-electron chi connectivity index (χ2n) is 3.95. The summed E-state index contributed by atoms with van der Waals surface area (Å²) in [5.41, 5.74) is 0.857. The Balaban J connectivity index is 2.80. The summed E-state index contributed by atoms with van der Waals surface area (Å²) in [6, 6.07) is 3.79. The highest BCUT2D eigenvalue weighted by atomic mass is 35.5. The maximum atomic E-state index is 9.08. The standard InChI is InChI=1S/C10H14ClNO/c1-10(2,7-13)6-8-4-3-5-12-9(8)11/h3-5,13H,6-7H2,1-2H3. The molecule has 0 unspecified atom stereocenters. The summed E-state index contributed by atoms with van der Waals surface area (Å²) >= 11 is 5.89. The smallest absolute Gasteiger partial charge is 0.132 e. The van der Waals surface area contributed by atoms with E-state index in [-0.39, 0.29) is 12.0 Å². The summed E-state index contributed by atoms with van der Waals surface area (Å²) in [5.74, 6) is 0. The van der Waals surface area contributed by atoms with Crippen molar-refractivity contribution in [1.29, 1.82) is 0 Å². The number of aliphatic hydroxyl groups is 1. The van der Waals surface area contributed by atoms with Crippen molar-refractivity contribution < 1.29 is 5.11 Å². The van der Waals surface area contributed by atoms with Gasteiger partial charge in [0.05, 0.1) is 0 Å². The predicted molar refractivity (Wildman–Crippen MR) is 53.8 cm³/mol. The van der Waals surface area contributed by atoms with Gasteiger partial charge in [0, 0.05) is 12.8 Å². The Labute approximate surface area is 83.6 Å². The second-order valence-corrected chi connectivity index (χ2v) is 4.31. The van der Waals surface area contributed by atoms with Crippen LogP contribution in [0.5, 0.6) is 0 Å². The molecule has 0 bridgehead atoms. The van der Waals surface area contributed by atoms with Gasteiger partial charge in [-0.1, -0.05) is 31.5 Å². The van der Waals surface area contributed by atoms with Crippen LogP contribution in [0.1, 0.15) is 19.4 Å². The maximum absolute atomic E-state index is 9.08. The molecular formula is C10H14ClNO. The van der Waals surface area contributed by atoms with Crippen LogP contribution in [-0.4, -0.2) is 16.7 Å². The monoisotopic (exact) mass is 199 g/mol. The van der Waals surface area contributed by atoms with Crippen molar-refractivity contribution in [2.45, 2.75) is 20.3 Å². The van der Waals surface area contributed by atoms with E-state index in [1.165, 1.54) is 0 Å². The van der Waals surface area contributed by atoms with E-state index in [0.29, 0.717) is 5.15 Å². The number of pyridine rings is 1. The van der Waals surface area contributed by atoms with Gasteiger partial charge in [-0.2, -0.15) is 0 Å². The summed E-state index contributed by atoms with van der Waals surface area (Å²) < 4.78 is 0. The highest BCUT2D eigenvalue weighted by molar-refractivity contribution is 6.30. The molecule has 3 heteroatoms. The van der Waals surface area contributed by atoms with Gasteiger partial charge in [0.2, 0.25) is 0 Å². The molecule has 0 saturated heterocycles. The van der Waals surface area contributed by atoms with Gasteiger partial charge in [-0.05, 0) is 23.5 Å². The third-order valence-corrected chi connectivity index (χ3v) is 2.27. The zero-order valence-corrected chi connectivity index (χ0v) is 8.67. The fraction of sp³-hybridized carbons (Fsp3) is 0.500. The van der Waals surface area contributed by atoms with Crippen LogP contribution in [0.2, 0.25) is 5.15 Å². The molecule has 13 heavy (non-hydrogen) atoms. The number of aromatic nitrogens is 1. The van der Waals surface area contributed by atoms with Gasteiger partial charge in [-0.25, -0.2) is 4.98 Å². The van der Waals surface area contributed by atoms with Gasteiger partial charge >= 0.3 is 0 Å². The fourth-order valence-corrected chi connectivity index (χ4v) is 1.31. The van der Waals surface area contributed by atoms with Crippen LogP contribution in [0.15, 0.2) is 18.3 Å². The molecule has 2 nitrogen and oxygen atoms in total. The van der Waals surface area contributed by atoms with Crippen molar-refractivity contribution in [3.63, 3.8) is 0 Å². The Kier molecular flexibility index (Phi) is 3.28. The summed E-state index contributed by atoms with van der Waals surface area (Å²) in [6.07, 6.45) is 2.41. The van der Waals surface area contributed by atoms with Gasteiger partial charge in [-0.3, -0.25) is 0 Å². The molecule has 0 aliphatic carbocycles. The Morgan fingerprint density at radius 1 is 1.54 bits per heavy atom. The molecule has 0 aliphatic rings. The fourth-order valence-electron chi connectivity index (χ4n) is 1.12. The highest BCUT2D eigenvalue weighted by Gasteiger charge is 2.18. The van der Waals surface area contributed by atoms with Crippen LogP contribution in [0.25, 0.3) is 0 Å². The van der Waals surface area contributed by atoms with E-state index < -0.39 is 0 Å². The molecule has 0 radical (unpaired) electrons. The van der Waals surface area contributed by atoms with E-state index in [1.807, 2.05) is 26.0 Å². The largest absolute Gasteiger partial charge is 0.396 e. The van der Waals surface area contributed by atoms with Gasteiger partial charge in [-0.15, -0.1) is 0 Å². The predicted octanol–water partition coefficient (Wildman–Crippen LogP) is 2.30. The maximum Gasteiger partial charge on any atom is 0.132 e. The number of hydrogen-bond acceptors (Lipinski definition) is 2. The van der Waals surface area contributed by atoms with Gasteiger partial charge in [0.25, 0.3) is 0 Å². The quantitative estimate of drug-likeness (QED) is 0.758. The van der Waals surface area contributed by atoms with Crippen LogP contribution in [-0.2, 0) is 6.42 Å². The third-order valence-electron chi connectivity index (χ3n) is 1.93. The van der Waals surface area contributed by atoms with Crippen molar-refractivity contribution >= 4 is 11.6 Å².